The van der Waals surface area contributed by atoms with Gasteiger partial charge in [0.2, 0.25) is 0 Å². The summed E-state index contributed by atoms with van der Waals surface area (Å²) in [4.78, 5) is 0. The number of rotatable bonds is 4. The van der Waals surface area contributed by atoms with Gasteiger partial charge in [-0.15, -0.1) is 0 Å². The summed E-state index contributed by atoms with van der Waals surface area (Å²) < 4.78 is 7.96. The largest absolute Gasteiger partial charge is 0.496 e. The molecule has 0 radical (unpaired) electrons. The molecular formula is C13H16BrN3O. The Balaban J connectivity index is 2.13. The van der Waals surface area contributed by atoms with E-state index in [1.807, 2.05) is 25.5 Å². The highest BCUT2D eigenvalue weighted by Crippen LogP contribution is 2.29. The molecule has 1 unspecified atom stereocenters. The quantitative estimate of drug-likeness (QED) is 0.941. The number of benzene rings is 1. The molecule has 0 saturated carbocycles. The number of hydrogen-bond donors (Lipinski definition) is 1. The maximum Gasteiger partial charge on any atom is 0.133 e. The molecule has 0 bridgehead atoms. The SMILES string of the molecule is COc1ccc(C(C)Nc2cnn(C)c2)cc1Br. The van der Waals surface area contributed by atoms with Crippen LogP contribution in [0, 0.1) is 0 Å². The molecule has 0 aliphatic heterocycles. The van der Waals surface area contributed by atoms with Gasteiger partial charge in [-0.25, -0.2) is 0 Å². The van der Waals surface area contributed by atoms with E-state index in [9.17, 15) is 0 Å². The van der Waals surface area contributed by atoms with Crippen molar-refractivity contribution in [1.82, 2.24) is 9.78 Å². The monoisotopic (exact) mass is 309 g/mol. The summed E-state index contributed by atoms with van der Waals surface area (Å²) in [7, 11) is 3.57. The first-order valence-electron chi connectivity index (χ1n) is 5.69. The standard InChI is InChI=1S/C13H16BrN3O/c1-9(16-11-7-15-17(2)8-11)10-4-5-13(18-3)12(14)6-10/h4-9,16H,1-3H3. The first-order chi connectivity index (χ1) is 8.60. The molecule has 1 N–H and O–H groups in total. The molecule has 0 spiro atoms. The number of aromatic nitrogens is 2. The smallest absolute Gasteiger partial charge is 0.133 e. The second-order valence-corrected chi connectivity index (χ2v) is 5.02. The molecule has 0 fully saturated rings. The number of anilines is 1. The van der Waals surface area contributed by atoms with Crippen molar-refractivity contribution in [1.29, 1.82) is 0 Å². The Morgan fingerprint density at radius 3 is 2.78 bits per heavy atom. The summed E-state index contributed by atoms with van der Waals surface area (Å²) in [6.45, 7) is 2.11. The van der Waals surface area contributed by atoms with Gasteiger partial charge in [-0.1, -0.05) is 6.07 Å². The van der Waals surface area contributed by atoms with Gasteiger partial charge in [-0.3, -0.25) is 4.68 Å². The summed E-state index contributed by atoms with van der Waals surface area (Å²) in [5.74, 6) is 0.840. The van der Waals surface area contributed by atoms with E-state index in [0.29, 0.717) is 0 Å². The minimum atomic E-state index is 0.205. The van der Waals surface area contributed by atoms with Crippen LogP contribution in [0.1, 0.15) is 18.5 Å². The summed E-state index contributed by atoms with van der Waals surface area (Å²) in [5.41, 5.74) is 2.20. The zero-order valence-corrected chi connectivity index (χ0v) is 12.2. The molecule has 1 aromatic heterocycles. The van der Waals surface area contributed by atoms with Gasteiger partial charge in [0, 0.05) is 19.3 Å². The number of ether oxygens (including phenoxy) is 1. The van der Waals surface area contributed by atoms with Gasteiger partial charge in [0.05, 0.1) is 23.5 Å². The number of nitrogens with one attached hydrogen (secondary N) is 1. The lowest BCUT2D eigenvalue weighted by molar-refractivity contribution is 0.412. The second kappa shape index (κ2) is 5.44. The number of halogens is 1. The number of aryl methyl sites for hydroxylation is 1. The molecule has 4 nitrogen and oxygen atoms in total. The maximum absolute atomic E-state index is 5.22. The third-order valence-electron chi connectivity index (χ3n) is 2.76. The fourth-order valence-corrected chi connectivity index (χ4v) is 2.34. The number of methoxy groups -OCH3 is 1. The Labute approximate surface area is 115 Å². The highest BCUT2D eigenvalue weighted by Gasteiger charge is 2.09. The van der Waals surface area contributed by atoms with Gasteiger partial charge in [-0.05, 0) is 40.5 Å². The summed E-state index contributed by atoms with van der Waals surface area (Å²) in [5, 5.41) is 7.53. The van der Waals surface area contributed by atoms with Crippen LogP contribution >= 0.6 is 15.9 Å². The maximum atomic E-state index is 5.22. The molecule has 1 aromatic carbocycles. The van der Waals surface area contributed by atoms with E-state index in [4.69, 9.17) is 4.74 Å². The summed E-state index contributed by atoms with van der Waals surface area (Å²) in [6, 6.07) is 6.28. The van der Waals surface area contributed by atoms with E-state index in [2.05, 4.69) is 45.4 Å². The van der Waals surface area contributed by atoms with E-state index in [1.54, 1.807) is 11.8 Å². The molecule has 2 aromatic rings. The minimum absolute atomic E-state index is 0.205. The molecule has 96 valence electrons. The lowest BCUT2D eigenvalue weighted by Crippen LogP contribution is -2.06. The van der Waals surface area contributed by atoms with Gasteiger partial charge >= 0.3 is 0 Å². The third-order valence-corrected chi connectivity index (χ3v) is 3.38. The van der Waals surface area contributed by atoms with Crippen LogP contribution in [-0.2, 0) is 7.05 Å². The first kappa shape index (κ1) is 13.0. The Hall–Kier alpha value is -1.49. The molecule has 5 heteroatoms. The number of hydrogen-bond acceptors (Lipinski definition) is 3. The average Bonchev–Trinajstić information content (AvgIpc) is 2.74. The van der Waals surface area contributed by atoms with Crippen LogP contribution in [0.5, 0.6) is 5.75 Å². The highest BCUT2D eigenvalue weighted by atomic mass is 79.9. The van der Waals surface area contributed by atoms with Gasteiger partial charge < -0.3 is 10.1 Å². The van der Waals surface area contributed by atoms with Crippen molar-refractivity contribution in [3.8, 4) is 5.75 Å². The van der Waals surface area contributed by atoms with E-state index >= 15 is 0 Å². The third kappa shape index (κ3) is 2.85. The molecule has 1 heterocycles. The van der Waals surface area contributed by atoms with Crippen LogP contribution in [-0.4, -0.2) is 16.9 Å². The van der Waals surface area contributed by atoms with Crippen LogP contribution < -0.4 is 10.1 Å². The van der Waals surface area contributed by atoms with Crippen LogP contribution in [0.25, 0.3) is 0 Å². The van der Waals surface area contributed by atoms with Crippen molar-refractivity contribution in [2.24, 2.45) is 7.05 Å². The number of nitrogens with zero attached hydrogens (tertiary/aromatic N) is 2. The topological polar surface area (TPSA) is 39.1 Å². The van der Waals surface area contributed by atoms with E-state index < -0.39 is 0 Å². The second-order valence-electron chi connectivity index (χ2n) is 4.16. The fourth-order valence-electron chi connectivity index (χ4n) is 1.78. The van der Waals surface area contributed by atoms with Crippen molar-refractivity contribution < 1.29 is 4.74 Å². The van der Waals surface area contributed by atoms with Crippen molar-refractivity contribution in [2.75, 3.05) is 12.4 Å². The van der Waals surface area contributed by atoms with Crippen LogP contribution in [0.4, 0.5) is 5.69 Å². The lowest BCUT2D eigenvalue weighted by Gasteiger charge is -2.15. The Morgan fingerprint density at radius 1 is 1.44 bits per heavy atom. The molecule has 0 aliphatic rings. The average molecular weight is 310 g/mol. The highest BCUT2D eigenvalue weighted by molar-refractivity contribution is 9.10. The van der Waals surface area contributed by atoms with Gasteiger partial charge in [0.15, 0.2) is 0 Å². The van der Waals surface area contributed by atoms with E-state index in [1.165, 1.54) is 5.56 Å². The molecular weight excluding hydrogens is 294 g/mol. The predicted molar refractivity (Wildman–Crippen MR) is 75.9 cm³/mol. The molecule has 2 rings (SSSR count). The fraction of sp³-hybridized carbons (Fsp3) is 0.308. The summed E-state index contributed by atoms with van der Waals surface area (Å²) >= 11 is 3.50. The predicted octanol–water partition coefficient (Wildman–Crippen LogP) is 3.36. The van der Waals surface area contributed by atoms with Gasteiger partial charge in [0.25, 0.3) is 0 Å². The van der Waals surface area contributed by atoms with E-state index in [-0.39, 0.29) is 6.04 Å². The minimum Gasteiger partial charge on any atom is -0.496 e. The van der Waals surface area contributed by atoms with Crippen molar-refractivity contribution in [2.45, 2.75) is 13.0 Å². The van der Waals surface area contributed by atoms with Crippen molar-refractivity contribution >= 4 is 21.6 Å². The van der Waals surface area contributed by atoms with Crippen molar-refractivity contribution in [3.63, 3.8) is 0 Å². The Kier molecular flexibility index (Phi) is 3.91. The van der Waals surface area contributed by atoms with Gasteiger partial charge in [-0.2, -0.15) is 5.10 Å². The zero-order valence-electron chi connectivity index (χ0n) is 10.6. The van der Waals surface area contributed by atoms with Gasteiger partial charge in [0.1, 0.15) is 5.75 Å². The summed E-state index contributed by atoms with van der Waals surface area (Å²) in [6.07, 6.45) is 3.77. The lowest BCUT2D eigenvalue weighted by atomic mass is 10.1. The molecule has 0 amide bonds. The normalized spacial score (nSPS) is 12.2. The molecule has 1 atom stereocenters. The van der Waals surface area contributed by atoms with Crippen LogP contribution in [0.3, 0.4) is 0 Å². The van der Waals surface area contributed by atoms with Crippen LogP contribution in [0.2, 0.25) is 0 Å². The van der Waals surface area contributed by atoms with Crippen LogP contribution in [0.15, 0.2) is 35.1 Å². The Morgan fingerprint density at radius 2 is 2.22 bits per heavy atom. The van der Waals surface area contributed by atoms with E-state index in [0.717, 1.165) is 15.9 Å². The first-order valence-corrected chi connectivity index (χ1v) is 6.48. The molecule has 18 heavy (non-hydrogen) atoms. The van der Waals surface area contributed by atoms with Crippen molar-refractivity contribution in [3.05, 3.63) is 40.6 Å². The Bertz CT molecular complexity index is 539. The molecule has 0 aliphatic carbocycles. The zero-order chi connectivity index (χ0) is 13.1. The molecule has 0 saturated heterocycles.